The molecule has 1 saturated heterocycles. The Kier molecular flexibility index (Phi) is 6.43. The summed E-state index contributed by atoms with van der Waals surface area (Å²) in [4.78, 5) is 1.82. The molecule has 2 aromatic carbocycles. The molecule has 0 aromatic heterocycles. The minimum Gasteiger partial charge on any atom is -0.287 e. The average Bonchev–Trinajstić information content (AvgIpc) is 3.07. The van der Waals surface area contributed by atoms with Crippen LogP contribution in [-0.2, 0) is 6.54 Å². The third-order valence-corrected chi connectivity index (χ3v) is 7.99. The molecule has 2 atom stereocenters. The molecule has 146 valence electrons. The molecule has 1 fully saturated rings. The number of benzene rings is 2. The van der Waals surface area contributed by atoms with Crippen LogP contribution in [0.1, 0.15) is 23.3 Å². The van der Waals surface area contributed by atoms with E-state index in [1.54, 1.807) is 6.92 Å². The fraction of sp³-hybridized carbons (Fsp3) is 0.400. The number of hydrogen-bond acceptors (Lipinski definition) is 3. The lowest BCUT2D eigenvalue weighted by Crippen LogP contribution is -2.50. The lowest BCUT2D eigenvalue weighted by Gasteiger charge is -2.37. The van der Waals surface area contributed by atoms with Crippen LogP contribution in [0, 0.1) is 0 Å². The molecule has 2 unspecified atom stereocenters. The van der Waals surface area contributed by atoms with Crippen LogP contribution in [0.4, 0.5) is 17.6 Å². The highest BCUT2D eigenvalue weighted by atomic mass is 32.2. The van der Waals surface area contributed by atoms with Gasteiger partial charge >= 0.3 is 12.3 Å². The second-order valence-electron chi connectivity index (χ2n) is 6.59. The molecule has 0 amide bonds. The highest BCUT2D eigenvalue weighted by molar-refractivity contribution is 8.18. The summed E-state index contributed by atoms with van der Waals surface area (Å²) in [5.74, 6) is -3.79. The maximum Gasteiger partial charge on any atom is 0.331 e. The summed E-state index contributed by atoms with van der Waals surface area (Å²) in [6.45, 7) is 2.17. The van der Waals surface area contributed by atoms with Crippen LogP contribution in [0.2, 0.25) is 0 Å². The smallest absolute Gasteiger partial charge is 0.287 e. The molecule has 0 N–H and O–H groups in total. The lowest BCUT2D eigenvalue weighted by atomic mass is 10.2. The molecular formula is C20H21F4NS2. The van der Waals surface area contributed by atoms with Gasteiger partial charge in [0, 0.05) is 24.2 Å². The number of nitrogens with zero attached hydrogens (tertiary/aromatic N) is 1. The van der Waals surface area contributed by atoms with Crippen molar-refractivity contribution in [1.29, 1.82) is 0 Å². The predicted molar refractivity (Wildman–Crippen MR) is 105 cm³/mol. The summed E-state index contributed by atoms with van der Waals surface area (Å²) in [5.41, 5.74) is 1.84. The molecule has 0 aliphatic carbocycles. The molecule has 1 nitrogen and oxygen atoms in total. The third-order valence-electron chi connectivity index (χ3n) is 4.58. The number of rotatable bonds is 7. The Balaban J connectivity index is 1.82. The number of alkyl halides is 4. The van der Waals surface area contributed by atoms with E-state index in [0.29, 0.717) is 12.4 Å². The molecule has 0 spiro atoms. The van der Waals surface area contributed by atoms with Gasteiger partial charge in [0.15, 0.2) is 0 Å². The van der Waals surface area contributed by atoms with Gasteiger partial charge in [0.2, 0.25) is 0 Å². The van der Waals surface area contributed by atoms with E-state index in [0.717, 1.165) is 34.7 Å². The van der Waals surface area contributed by atoms with Crippen LogP contribution in [0.3, 0.4) is 0 Å². The minimum absolute atomic E-state index is 0.0915. The standard InChI is InChI=1S/C20H21F4NS2/c1-15(17-10-6-3-7-11-17)27-19(20(23,24)18(21)22)13-25(14-26-19)12-16-8-4-2-5-9-16/h2-11,15,18H,12-14H2,1H3. The quantitative estimate of drug-likeness (QED) is 0.490. The Bertz CT molecular complexity index is 729. The molecule has 0 bridgehead atoms. The van der Waals surface area contributed by atoms with Gasteiger partial charge in [0.1, 0.15) is 4.08 Å². The van der Waals surface area contributed by atoms with Crippen molar-refractivity contribution in [2.45, 2.75) is 35.1 Å². The van der Waals surface area contributed by atoms with E-state index >= 15 is 0 Å². The number of hydrogen-bond donors (Lipinski definition) is 0. The van der Waals surface area contributed by atoms with Gasteiger partial charge in [-0.15, -0.1) is 23.5 Å². The Morgan fingerprint density at radius 3 is 2.26 bits per heavy atom. The zero-order valence-corrected chi connectivity index (χ0v) is 16.5. The third kappa shape index (κ3) is 4.46. The van der Waals surface area contributed by atoms with Crippen molar-refractivity contribution in [1.82, 2.24) is 4.90 Å². The first-order valence-corrected chi connectivity index (χ1v) is 10.5. The molecule has 7 heteroatoms. The van der Waals surface area contributed by atoms with E-state index in [-0.39, 0.29) is 11.8 Å². The first-order chi connectivity index (χ1) is 12.8. The first-order valence-electron chi connectivity index (χ1n) is 8.63. The van der Waals surface area contributed by atoms with E-state index in [9.17, 15) is 17.6 Å². The average molecular weight is 416 g/mol. The minimum atomic E-state index is -4.09. The van der Waals surface area contributed by atoms with E-state index in [4.69, 9.17) is 0 Å². The molecule has 3 rings (SSSR count). The second-order valence-corrected chi connectivity index (χ2v) is 9.74. The SMILES string of the molecule is CC(SC1(C(F)(F)C(F)F)CN(Cc2ccccc2)CS1)c1ccccc1. The summed E-state index contributed by atoms with van der Waals surface area (Å²) < 4.78 is 54.1. The van der Waals surface area contributed by atoms with Crippen molar-refractivity contribution >= 4 is 23.5 Å². The van der Waals surface area contributed by atoms with Crippen LogP contribution in [0.5, 0.6) is 0 Å². The Morgan fingerprint density at radius 2 is 1.67 bits per heavy atom. The zero-order chi connectivity index (χ0) is 19.5. The molecular weight excluding hydrogens is 394 g/mol. The van der Waals surface area contributed by atoms with Crippen LogP contribution in [-0.4, -0.2) is 33.7 Å². The van der Waals surface area contributed by atoms with Crippen LogP contribution < -0.4 is 0 Å². The Hall–Kier alpha value is -1.18. The van der Waals surface area contributed by atoms with Crippen molar-refractivity contribution in [2.24, 2.45) is 0 Å². The van der Waals surface area contributed by atoms with Crippen LogP contribution in [0.15, 0.2) is 60.7 Å². The van der Waals surface area contributed by atoms with Gasteiger partial charge in [-0.05, 0) is 18.1 Å². The molecule has 0 saturated carbocycles. The number of thioether (sulfide) groups is 2. The fourth-order valence-electron chi connectivity index (χ4n) is 3.12. The molecule has 1 aliphatic rings. The highest BCUT2D eigenvalue weighted by Crippen LogP contribution is 2.58. The van der Waals surface area contributed by atoms with Gasteiger partial charge in [0.25, 0.3) is 0 Å². The van der Waals surface area contributed by atoms with E-state index in [2.05, 4.69) is 0 Å². The summed E-state index contributed by atoms with van der Waals surface area (Å²) in [7, 11) is 0. The Labute approximate surface area is 165 Å². The van der Waals surface area contributed by atoms with Gasteiger partial charge in [0.05, 0.1) is 0 Å². The summed E-state index contributed by atoms with van der Waals surface area (Å²) in [6, 6.07) is 18.6. The van der Waals surface area contributed by atoms with Crippen molar-refractivity contribution in [3.8, 4) is 0 Å². The van der Waals surface area contributed by atoms with Crippen LogP contribution >= 0.6 is 23.5 Å². The van der Waals surface area contributed by atoms with Gasteiger partial charge in [-0.25, -0.2) is 8.78 Å². The topological polar surface area (TPSA) is 3.24 Å². The monoisotopic (exact) mass is 415 g/mol. The van der Waals surface area contributed by atoms with Crippen molar-refractivity contribution in [2.75, 3.05) is 12.4 Å². The van der Waals surface area contributed by atoms with Crippen LogP contribution in [0.25, 0.3) is 0 Å². The molecule has 1 heterocycles. The van der Waals surface area contributed by atoms with Gasteiger partial charge < -0.3 is 0 Å². The molecule has 0 radical (unpaired) electrons. The number of halogens is 4. The fourth-order valence-corrected chi connectivity index (χ4v) is 6.48. The predicted octanol–water partition coefficient (Wildman–Crippen LogP) is 6.28. The molecule has 27 heavy (non-hydrogen) atoms. The summed E-state index contributed by atoms with van der Waals surface area (Å²) in [5, 5.41) is -0.319. The van der Waals surface area contributed by atoms with Gasteiger partial charge in [-0.2, -0.15) is 8.78 Å². The molecule has 2 aromatic rings. The van der Waals surface area contributed by atoms with Crippen molar-refractivity contribution in [3.05, 3.63) is 71.8 Å². The maximum atomic E-state index is 14.7. The lowest BCUT2D eigenvalue weighted by molar-refractivity contribution is -0.135. The maximum absolute atomic E-state index is 14.7. The zero-order valence-electron chi connectivity index (χ0n) is 14.8. The summed E-state index contributed by atoms with van der Waals surface area (Å²) >= 11 is 1.88. The van der Waals surface area contributed by atoms with Gasteiger partial charge in [-0.1, -0.05) is 60.7 Å². The van der Waals surface area contributed by atoms with Crippen molar-refractivity contribution in [3.63, 3.8) is 0 Å². The summed E-state index contributed by atoms with van der Waals surface area (Å²) in [6.07, 6.45) is -3.70. The Morgan fingerprint density at radius 1 is 1.07 bits per heavy atom. The van der Waals surface area contributed by atoms with E-state index < -0.39 is 16.4 Å². The second kappa shape index (κ2) is 8.45. The largest absolute Gasteiger partial charge is 0.331 e. The van der Waals surface area contributed by atoms with Gasteiger partial charge in [-0.3, -0.25) is 4.90 Å². The normalized spacial score (nSPS) is 22.3. The van der Waals surface area contributed by atoms with Crippen molar-refractivity contribution < 1.29 is 17.6 Å². The molecule has 1 aliphatic heterocycles. The van der Waals surface area contributed by atoms with E-state index in [1.165, 1.54) is 0 Å². The highest BCUT2D eigenvalue weighted by Gasteiger charge is 2.64. The first kappa shape index (κ1) is 20.6. The van der Waals surface area contributed by atoms with E-state index in [1.807, 2.05) is 65.6 Å².